The highest BCUT2D eigenvalue weighted by atomic mass is 19.4. The molecule has 0 fully saturated rings. The monoisotopic (exact) mass is 407 g/mol. The van der Waals surface area contributed by atoms with Crippen LogP contribution in [0.15, 0.2) is 42.5 Å². The summed E-state index contributed by atoms with van der Waals surface area (Å²) in [5.41, 5.74) is 13.4. The molecule has 1 aromatic heterocycles. The summed E-state index contributed by atoms with van der Waals surface area (Å²) in [7, 11) is 0. The van der Waals surface area contributed by atoms with Gasteiger partial charge in [0.1, 0.15) is 0 Å². The van der Waals surface area contributed by atoms with E-state index in [0.29, 0.717) is 35.5 Å². The summed E-state index contributed by atoms with van der Waals surface area (Å²) in [5.74, 6) is 0.343. The van der Waals surface area contributed by atoms with E-state index in [-0.39, 0.29) is 6.04 Å². The Morgan fingerprint density at radius 3 is 2.45 bits per heavy atom. The summed E-state index contributed by atoms with van der Waals surface area (Å²) in [4.78, 5) is 7.42. The fourth-order valence-corrected chi connectivity index (χ4v) is 3.03. The third-order valence-corrected chi connectivity index (χ3v) is 4.66. The zero-order valence-corrected chi connectivity index (χ0v) is 15.7. The molecule has 0 spiro atoms. The van der Waals surface area contributed by atoms with Gasteiger partial charge in [0, 0.05) is 12.6 Å². The number of nitrogens with one attached hydrogen (secondary N) is 2. The molecule has 1 unspecified atom stereocenters. The Balaban J connectivity index is 1.73. The number of nitrogens with two attached hydrogens (primary N) is 2. The topological polar surface area (TPSA) is 113 Å². The van der Waals surface area contributed by atoms with Crippen LogP contribution < -0.4 is 16.8 Å². The highest BCUT2D eigenvalue weighted by Crippen LogP contribution is 2.31. The lowest BCUT2D eigenvalue weighted by atomic mass is 10.0. The molecule has 2 aromatic carbocycles. The number of H-pyrrole nitrogens is 1. The number of fused-ring (bicyclic) bond motifs is 1. The zero-order chi connectivity index (χ0) is 21.0. The number of aliphatic hydroxyl groups is 1. The molecule has 0 bridgehead atoms. The van der Waals surface area contributed by atoms with Crippen molar-refractivity contribution in [3.8, 4) is 11.1 Å². The van der Waals surface area contributed by atoms with Gasteiger partial charge in [-0.15, -0.1) is 0 Å². The minimum Gasteiger partial charge on any atom is -0.371 e. The molecule has 0 radical (unpaired) electrons. The van der Waals surface area contributed by atoms with Crippen LogP contribution in [0.1, 0.15) is 30.5 Å². The molecular weight excluding hydrogens is 383 g/mol. The van der Waals surface area contributed by atoms with E-state index in [4.69, 9.17) is 11.5 Å². The molecule has 2 atom stereocenters. The summed E-state index contributed by atoms with van der Waals surface area (Å²) in [6.45, 7) is 0.982. The molecule has 0 amide bonds. The van der Waals surface area contributed by atoms with Crippen LogP contribution in [0.4, 0.5) is 13.2 Å². The number of aromatic nitrogens is 2. The fourth-order valence-electron chi connectivity index (χ4n) is 3.03. The van der Waals surface area contributed by atoms with Gasteiger partial charge in [-0.05, 0) is 54.8 Å². The fraction of sp³-hybridized carbons (Fsp3) is 0.350. The number of imidazole rings is 1. The maximum atomic E-state index is 12.7. The summed E-state index contributed by atoms with van der Waals surface area (Å²) < 4.78 is 38.2. The predicted molar refractivity (Wildman–Crippen MR) is 106 cm³/mol. The summed E-state index contributed by atoms with van der Waals surface area (Å²) in [6.07, 6.45) is -3.81. The van der Waals surface area contributed by atoms with E-state index in [0.717, 1.165) is 30.5 Å². The van der Waals surface area contributed by atoms with Crippen molar-refractivity contribution in [3.63, 3.8) is 0 Å². The quantitative estimate of drug-likeness (QED) is 0.369. The first-order valence-electron chi connectivity index (χ1n) is 9.32. The molecule has 29 heavy (non-hydrogen) atoms. The Hall–Kier alpha value is -2.46. The second-order valence-electron chi connectivity index (χ2n) is 6.93. The number of hydrogen-bond acceptors (Lipinski definition) is 5. The van der Waals surface area contributed by atoms with Crippen molar-refractivity contribution in [2.45, 2.75) is 31.3 Å². The van der Waals surface area contributed by atoms with E-state index in [2.05, 4.69) is 15.3 Å². The average Bonchev–Trinajstić information content (AvgIpc) is 3.13. The Bertz CT molecular complexity index is 939. The van der Waals surface area contributed by atoms with Crippen molar-refractivity contribution < 1.29 is 18.3 Å². The second-order valence-corrected chi connectivity index (χ2v) is 6.93. The van der Waals surface area contributed by atoms with Crippen molar-refractivity contribution in [1.82, 2.24) is 15.3 Å². The van der Waals surface area contributed by atoms with Crippen LogP contribution in [-0.4, -0.2) is 34.2 Å². The van der Waals surface area contributed by atoms with Gasteiger partial charge in [0.2, 0.25) is 0 Å². The Morgan fingerprint density at radius 2 is 1.79 bits per heavy atom. The molecule has 156 valence electrons. The van der Waals surface area contributed by atoms with Crippen LogP contribution in [0.3, 0.4) is 0 Å². The standard InChI is InChI=1S/C20H24F3N5O/c21-20(22,23)14-6-3-12(4-7-14)13-5-8-16-17(10-13)28-18(27-16)19(29)26-11-15(25)2-1-9-24/h3-8,10,15,19,26,29H,1-2,9,11,24-25H2,(H,27,28)/t15-,19?/m0/s1. The normalized spacial score (nSPS) is 14.3. The third kappa shape index (κ3) is 5.33. The van der Waals surface area contributed by atoms with Crippen molar-refractivity contribution in [1.29, 1.82) is 0 Å². The van der Waals surface area contributed by atoms with Crippen LogP contribution >= 0.6 is 0 Å². The van der Waals surface area contributed by atoms with Gasteiger partial charge in [-0.1, -0.05) is 18.2 Å². The highest BCUT2D eigenvalue weighted by molar-refractivity contribution is 5.82. The molecule has 0 aliphatic carbocycles. The van der Waals surface area contributed by atoms with Crippen molar-refractivity contribution in [2.75, 3.05) is 13.1 Å². The molecule has 3 rings (SSSR count). The SMILES string of the molecule is NCCC[C@H](N)CNC(O)c1nc2cc(-c3ccc(C(F)(F)F)cc3)ccc2[nH]1. The van der Waals surface area contributed by atoms with Crippen molar-refractivity contribution in [2.24, 2.45) is 11.5 Å². The number of benzene rings is 2. The van der Waals surface area contributed by atoms with E-state index in [9.17, 15) is 18.3 Å². The van der Waals surface area contributed by atoms with Crippen LogP contribution in [0.25, 0.3) is 22.2 Å². The number of alkyl halides is 3. The first-order valence-corrected chi connectivity index (χ1v) is 9.32. The molecular formula is C20H24F3N5O. The molecule has 0 aliphatic rings. The maximum Gasteiger partial charge on any atom is 0.416 e. The summed E-state index contributed by atoms with van der Waals surface area (Å²) in [5, 5.41) is 13.2. The minimum atomic E-state index is -4.37. The molecule has 9 heteroatoms. The molecule has 7 N–H and O–H groups in total. The highest BCUT2D eigenvalue weighted by Gasteiger charge is 2.30. The van der Waals surface area contributed by atoms with Crippen LogP contribution in [0.5, 0.6) is 0 Å². The van der Waals surface area contributed by atoms with Gasteiger partial charge in [-0.3, -0.25) is 5.32 Å². The number of hydrogen-bond donors (Lipinski definition) is 5. The Labute approximate surface area is 166 Å². The summed E-state index contributed by atoms with van der Waals surface area (Å²) in [6, 6.07) is 10.2. The van der Waals surface area contributed by atoms with Crippen molar-refractivity contribution >= 4 is 11.0 Å². The lowest BCUT2D eigenvalue weighted by Crippen LogP contribution is -2.36. The van der Waals surface area contributed by atoms with Crippen LogP contribution in [-0.2, 0) is 6.18 Å². The predicted octanol–water partition coefficient (Wildman–Crippen LogP) is 2.90. The largest absolute Gasteiger partial charge is 0.416 e. The van der Waals surface area contributed by atoms with Crippen LogP contribution in [0, 0.1) is 0 Å². The van der Waals surface area contributed by atoms with Gasteiger partial charge in [0.05, 0.1) is 16.6 Å². The Kier molecular flexibility index (Phi) is 6.53. The van der Waals surface area contributed by atoms with E-state index < -0.39 is 18.0 Å². The van der Waals surface area contributed by atoms with Crippen molar-refractivity contribution in [3.05, 3.63) is 53.9 Å². The molecule has 0 saturated heterocycles. The van der Waals surface area contributed by atoms with Gasteiger partial charge >= 0.3 is 6.18 Å². The molecule has 1 heterocycles. The maximum absolute atomic E-state index is 12.7. The zero-order valence-electron chi connectivity index (χ0n) is 15.7. The van der Waals surface area contributed by atoms with Gasteiger partial charge in [0.25, 0.3) is 0 Å². The summed E-state index contributed by atoms with van der Waals surface area (Å²) >= 11 is 0. The molecule has 6 nitrogen and oxygen atoms in total. The van der Waals surface area contributed by atoms with Gasteiger partial charge < -0.3 is 21.6 Å². The van der Waals surface area contributed by atoms with Gasteiger partial charge in [-0.2, -0.15) is 13.2 Å². The van der Waals surface area contributed by atoms with Gasteiger partial charge in [-0.25, -0.2) is 4.98 Å². The number of aliphatic hydroxyl groups excluding tert-OH is 1. The van der Waals surface area contributed by atoms with Crippen LogP contribution in [0.2, 0.25) is 0 Å². The Morgan fingerprint density at radius 1 is 1.10 bits per heavy atom. The van der Waals surface area contributed by atoms with Gasteiger partial charge in [0.15, 0.2) is 12.1 Å². The van der Waals surface area contributed by atoms with E-state index >= 15 is 0 Å². The first-order chi connectivity index (χ1) is 13.8. The average molecular weight is 407 g/mol. The molecule has 3 aromatic rings. The van der Waals surface area contributed by atoms with E-state index in [1.807, 2.05) is 0 Å². The third-order valence-electron chi connectivity index (χ3n) is 4.66. The lowest BCUT2D eigenvalue weighted by Gasteiger charge is -2.15. The number of rotatable bonds is 8. The number of nitrogens with zero attached hydrogens (tertiary/aromatic N) is 1. The molecule has 0 aliphatic heterocycles. The number of halogens is 3. The van der Waals surface area contributed by atoms with E-state index in [1.165, 1.54) is 12.1 Å². The second kappa shape index (κ2) is 8.91. The smallest absolute Gasteiger partial charge is 0.371 e. The first kappa shape index (κ1) is 21.3. The van der Waals surface area contributed by atoms with E-state index in [1.54, 1.807) is 18.2 Å². The number of aromatic amines is 1. The minimum absolute atomic E-state index is 0.121. The lowest BCUT2D eigenvalue weighted by molar-refractivity contribution is -0.137. The molecule has 0 saturated carbocycles.